The number of allylic oxidation sites excluding steroid dienone is 2. The number of halogens is 2. The molecule has 4 aromatic rings. The van der Waals surface area contributed by atoms with Crippen molar-refractivity contribution in [3.63, 3.8) is 0 Å². The van der Waals surface area contributed by atoms with E-state index in [2.05, 4.69) is 31.9 Å². The van der Waals surface area contributed by atoms with Gasteiger partial charge in [0.1, 0.15) is 11.5 Å². The number of phenolic OH excluding ortho intramolecular Hbond substituents is 2. The number of hydrogen-bond donors (Lipinski definition) is 2. The van der Waals surface area contributed by atoms with Gasteiger partial charge in [-0.1, -0.05) is 44.0 Å². The summed E-state index contributed by atoms with van der Waals surface area (Å²) in [7, 11) is 0. The maximum absolute atomic E-state index is 12.5. The Kier molecular flexibility index (Phi) is 8.54. The van der Waals surface area contributed by atoms with E-state index in [1.54, 1.807) is 72.8 Å². The fourth-order valence-electron chi connectivity index (χ4n) is 3.68. The van der Waals surface area contributed by atoms with Crippen LogP contribution < -0.4 is 0 Å². The molecule has 184 valence electrons. The van der Waals surface area contributed by atoms with Gasteiger partial charge in [0.05, 0.1) is 0 Å². The zero-order valence-electron chi connectivity index (χ0n) is 19.6. The van der Waals surface area contributed by atoms with Gasteiger partial charge in [-0.2, -0.15) is 0 Å². The number of ketones is 2. The van der Waals surface area contributed by atoms with Crippen LogP contribution in [0.3, 0.4) is 0 Å². The van der Waals surface area contributed by atoms with Crippen molar-refractivity contribution >= 4 is 55.6 Å². The quantitative estimate of drug-likeness (QED) is 0.155. The molecular formula is C31H22Br2O4. The number of benzene rings is 4. The number of hydrogen-bond acceptors (Lipinski definition) is 4. The second kappa shape index (κ2) is 12.0. The second-order valence-corrected chi connectivity index (χ2v) is 10.2. The van der Waals surface area contributed by atoms with Crippen molar-refractivity contribution in [3.05, 3.63) is 139 Å². The SMILES string of the molecule is O=C(/C=C/c1cc(Cc2ccc(O)c(/C=C/C(=O)c3ccc(Br)cc3)c2)ccc1O)c1ccc(Br)cc1. The standard InChI is InChI=1S/C31H22Br2O4/c32-26-9-3-22(4-10-26)28(34)15-7-24-18-20(1-13-30(24)36)17-21-2-14-31(37)25(19-21)8-16-29(35)23-5-11-27(33)12-6-23/h1-16,18-19,36-37H,17H2/b15-7+,16-8+. The van der Waals surface area contributed by atoms with Crippen LogP contribution in [0.2, 0.25) is 0 Å². The largest absolute Gasteiger partial charge is 0.507 e. The lowest BCUT2D eigenvalue weighted by molar-refractivity contribution is 0.103. The fourth-order valence-corrected chi connectivity index (χ4v) is 4.21. The van der Waals surface area contributed by atoms with Gasteiger partial charge in [-0.25, -0.2) is 0 Å². The van der Waals surface area contributed by atoms with Crippen LogP contribution in [0.15, 0.2) is 106 Å². The minimum atomic E-state index is -0.162. The summed E-state index contributed by atoms with van der Waals surface area (Å²) >= 11 is 6.71. The van der Waals surface area contributed by atoms with Crippen LogP contribution in [0.25, 0.3) is 12.2 Å². The van der Waals surface area contributed by atoms with E-state index in [1.807, 2.05) is 24.3 Å². The van der Waals surface area contributed by atoms with Crippen molar-refractivity contribution in [1.29, 1.82) is 0 Å². The van der Waals surface area contributed by atoms with E-state index in [4.69, 9.17) is 0 Å². The third-order valence-electron chi connectivity index (χ3n) is 5.68. The van der Waals surface area contributed by atoms with Gasteiger partial charge < -0.3 is 10.2 Å². The fraction of sp³-hybridized carbons (Fsp3) is 0.0323. The Bertz CT molecular complexity index is 1390. The Hall–Kier alpha value is -3.74. The lowest BCUT2D eigenvalue weighted by Gasteiger charge is -2.08. The minimum absolute atomic E-state index is 0.0735. The first-order valence-electron chi connectivity index (χ1n) is 11.4. The summed E-state index contributed by atoms with van der Waals surface area (Å²) in [6, 6.07) is 24.6. The highest BCUT2D eigenvalue weighted by Gasteiger charge is 2.07. The van der Waals surface area contributed by atoms with Crippen molar-refractivity contribution in [2.75, 3.05) is 0 Å². The summed E-state index contributed by atoms with van der Waals surface area (Å²) in [5, 5.41) is 20.6. The summed E-state index contributed by atoms with van der Waals surface area (Å²) in [5.41, 5.74) is 4.00. The molecule has 0 aliphatic heterocycles. The molecule has 0 amide bonds. The zero-order chi connectivity index (χ0) is 26.4. The van der Waals surface area contributed by atoms with Gasteiger partial charge in [-0.3, -0.25) is 9.59 Å². The second-order valence-electron chi connectivity index (χ2n) is 8.37. The number of phenols is 2. The van der Waals surface area contributed by atoms with Crippen molar-refractivity contribution < 1.29 is 19.8 Å². The molecule has 0 atom stereocenters. The van der Waals surface area contributed by atoms with Crippen LogP contribution in [0.1, 0.15) is 43.0 Å². The molecule has 0 spiro atoms. The molecule has 2 N–H and O–H groups in total. The van der Waals surface area contributed by atoms with Gasteiger partial charge in [0.15, 0.2) is 11.6 Å². The summed E-state index contributed by atoms with van der Waals surface area (Å²) in [6.45, 7) is 0. The molecule has 0 heterocycles. The van der Waals surface area contributed by atoms with E-state index in [9.17, 15) is 19.8 Å². The van der Waals surface area contributed by atoms with Crippen LogP contribution in [0, 0.1) is 0 Å². The molecule has 0 saturated heterocycles. The molecule has 0 aliphatic carbocycles. The third kappa shape index (κ3) is 7.15. The van der Waals surface area contributed by atoms with Crippen LogP contribution >= 0.6 is 31.9 Å². The Balaban J connectivity index is 1.49. The highest BCUT2D eigenvalue weighted by Crippen LogP contribution is 2.25. The van der Waals surface area contributed by atoms with Crippen LogP contribution in [0.4, 0.5) is 0 Å². The van der Waals surface area contributed by atoms with Crippen LogP contribution in [-0.2, 0) is 6.42 Å². The molecule has 4 nitrogen and oxygen atoms in total. The molecule has 0 bridgehead atoms. The molecule has 6 heteroatoms. The van der Waals surface area contributed by atoms with E-state index < -0.39 is 0 Å². The maximum atomic E-state index is 12.5. The molecule has 0 aromatic heterocycles. The molecule has 0 radical (unpaired) electrons. The van der Waals surface area contributed by atoms with Crippen molar-refractivity contribution in [3.8, 4) is 11.5 Å². The Labute approximate surface area is 231 Å². The number of carbonyl (C=O) groups excluding carboxylic acids is 2. The molecule has 4 aromatic carbocycles. The molecule has 0 fully saturated rings. The van der Waals surface area contributed by atoms with Gasteiger partial charge >= 0.3 is 0 Å². The first kappa shape index (κ1) is 26.3. The van der Waals surface area contributed by atoms with Gasteiger partial charge in [-0.05, 0) is 115 Å². The van der Waals surface area contributed by atoms with Gasteiger partial charge in [-0.15, -0.1) is 0 Å². The first-order chi connectivity index (χ1) is 17.8. The van der Waals surface area contributed by atoms with Gasteiger partial charge in [0.25, 0.3) is 0 Å². The van der Waals surface area contributed by atoms with Crippen molar-refractivity contribution in [2.24, 2.45) is 0 Å². The average molecular weight is 618 g/mol. The van der Waals surface area contributed by atoms with E-state index in [-0.39, 0.29) is 23.1 Å². The maximum Gasteiger partial charge on any atom is 0.185 e. The lowest BCUT2D eigenvalue weighted by Crippen LogP contribution is -1.94. The van der Waals surface area contributed by atoms with Crippen molar-refractivity contribution in [1.82, 2.24) is 0 Å². The Morgan fingerprint density at radius 1 is 0.595 bits per heavy atom. The summed E-state index contributed by atoms with van der Waals surface area (Å²) in [6.07, 6.45) is 6.61. The monoisotopic (exact) mass is 616 g/mol. The summed E-state index contributed by atoms with van der Waals surface area (Å²) in [4.78, 5) is 24.9. The predicted molar refractivity (Wildman–Crippen MR) is 154 cm³/mol. The van der Waals surface area contributed by atoms with E-state index >= 15 is 0 Å². The summed E-state index contributed by atoms with van der Waals surface area (Å²) in [5.74, 6) is -0.177. The highest BCUT2D eigenvalue weighted by molar-refractivity contribution is 9.10. The molecule has 4 rings (SSSR count). The highest BCUT2D eigenvalue weighted by atomic mass is 79.9. The smallest absolute Gasteiger partial charge is 0.185 e. The molecule has 0 saturated carbocycles. The van der Waals surface area contributed by atoms with E-state index in [0.717, 1.165) is 20.1 Å². The lowest BCUT2D eigenvalue weighted by atomic mass is 9.99. The normalized spacial score (nSPS) is 11.3. The first-order valence-corrected chi connectivity index (χ1v) is 13.0. The van der Waals surface area contributed by atoms with E-state index in [0.29, 0.717) is 28.7 Å². The average Bonchev–Trinajstić information content (AvgIpc) is 2.89. The van der Waals surface area contributed by atoms with Crippen LogP contribution in [-0.4, -0.2) is 21.8 Å². The third-order valence-corrected chi connectivity index (χ3v) is 6.74. The molecule has 0 unspecified atom stereocenters. The summed E-state index contributed by atoms with van der Waals surface area (Å²) < 4.78 is 1.78. The van der Waals surface area contributed by atoms with Crippen LogP contribution in [0.5, 0.6) is 11.5 Å². The van der Waals surface area contributed by atoms with Crippen molar-refractivity contribution in [2.45, 2.75) is 6.42 Å². The van der Waals surface area contributed by atoms with Gasteiger partial charge in [0, 0.05) is 31.2 Å². The zero-order valence-corrected chi connectivity index (χ0v) is 22.7. The molecule has 0 aliphatic rings. The Morgan fingerprint density at radius 3 is 1.35 bits per heavy atom. The number of rotatable bonds is 8. The molecular weight excluding hydrogens is 596 g/mol. The van der Waals surface area contributed by atoms with E-state index in [1.165, 1.54) is 12.2 Å². The van der Waals surface area contributed by atoms with Gasteiger partial charge in [0.2, 0.25) is 0 Å². The topological polar surface area (TPSA) is 74.6 Å². The minimum Gasteiger partial charge on any atom is -0.507 e. The predicted octanol–water partition coefficient (Wildman–Crippen LogP) is 8.01. The Morgan fingerprint density at radius 2 is 0.973 bits per heavy atom. The molecule has 37 heavy (non-hydrogen) atoms. The number of carbonyl (C=O) groups is 2. The number of aromatic hydroxyl groups is 2.